The van der Waals surface area contributed by atoms with Gasteiger partial charge >= 0.3 is 0 Å². The molecule has 0 saturated carbocycles. The van der Waals surface area contributed by atoms with Gasteiger partial charge in [0.2, 0.25) is 0 Å². The first-order chi connectivity index (χ1) is 10.0. The molecule has 0 aliphatic rings. The Kier molecular flexibility index (Phi) is 4.27. The van der Waals surface area contributed by atoms with Gasteiger partial charge < -0.3 is 15.2 Å². The van der Waals surface area contributed by atoms with Crippen molar-refractivity contribution in [2.75, 3.05) is 12.4 Å². The van der Waals surface area contributed by atoms with Crippen LogP contribution in [0.4, 0.5) is 11.4 Å². The summed E-state index contributed by atoms with van der Waals surface area (Å²) in [5.41, 5.74) is 1.88. The van der Waals surface area contributed by atoms with Gasteiger partial charge in [-0.3, -0.25) is 10.1 Å². The highest BCUT2D eigenvalue weighted by Gasteiger charge is 2.14. The second kappa shape index (κ2) is 6.13. The molecule has 2 rings (SSSR count). The number of nitro groups is 1. The van der Waals surface area contributed by atoms with Crippen molar-refractivity contribution in [3.05, 3.63) is 57.6 Å². The highest BCUT2D eigenvalue weighted by Crippen LogP contribution is 2.28. The molecule has 6 heteroatoms. The first-order valence-corrected chi connectivity index (χ1v) is 6.36. The third-order valence-corrected chi connectivity index (χ3v) is 3.11. The summed E-state index contributed by atoms with van der Waals surface area (Å²) in [6, 6.07) is 9.90. The van der Waals surface area contributed by atoms with Crippen LogP contribution in [0, 0.1) is 17.0 Å². The number of hydrogen-bond donors (Lipinski definition) is 2. The largest absolute Gasteiger partial charge is 0.507 e. The number of aromatic hydroxyl groups is 1. The number of rotatable bonds is 5. The van der Waals surface area contributed by atoms with Gasteiger partial charge in [-0.05, 0) is 30.7 Å². The van der Waals surface area contributed by atoms with Crippen molar-refractivity contribution in [2.45, 2.75) is 13.5 Å². The summed E-state index contributed by atoms with van der Waals surface area (Å²) in [7, 11) is 1.52. The number of phenolic OH excluding ortho intramolecular Hbond substituents is 1. The molecule has 0 heterocycles. The number of ether oxygens (including phenoxy) is 1. The molecule has 0 atom stereocenters. The van der Waals surface area contributed by atoms with Gasteiger partial charge in [0.25, 0.3) is 5.69 Å². The summed E-state index contributed by atoms with van der Waals surface area (Å²) >= 11 is 0. The minimum Gasteiger partial charge on any atom is -0.507 e. The van der Waals surface area contributed by atoms with Crippen LogP contribution < -0.4 is 10.1 Å². The summed E-state index contributed by atoms with van der Waals surface area (Å²) in [4.78, 5) is 10.6. The molecule has 0 aromatic heterocycles. The summed E-state index contributed by atoms with van der Waals surface area (Å²) < 4.78 is 5.01. The van der Waals surface area contributed by atoms with Crippen LogP contribution in [-0.4, -0.2) is 17.1 Å². The maximum atomic E-state index is 11.0. The Labute approximate surface area is 122 Å². The second-order valence-electron chi connectivity index (χ2n) is 4.63. The van der Waals surface area contributed by atoms with E-state index in [1.54, 1.807) is 31.2 Å². The fraction of sp³-hybridized carbons (Fsp3) is 0.200. The van der Waals surface area contributed by atoms with Crippen LogP contribution >= 0.6 is 0 Å². The summed E-state index contributed by atoms with van der Waals surface area (Å²) in [5.74, 6) is 0.634. The van der Waals surface area contributed by atoms with Gasteiger partial charge in [-0.15, -0.1) is 0 Å². The van der Waals surface area contributed by atoms with E-state index in [0.29, 0.717) is 17.0 Å². The first-order valence-electron chi connectivity index (χ1n) is 6.36. The predicted molar refractivity (Wildman–Crippen MR) is 79.8 cm³/mol. The minimum absolute atomic E-state index is 0.0167. The number of methoxy groups -OCH3 is 1. The number of anilines is 1. The van der Waals surface area contributed by atoms with Gasteiger partial charge in [0.1, 0.15) is 17.2 Å². The smallest absolute Gasteiger partial charge is 0.292 e. The number of aryl methyl sites for hydroxylation is 1. The molecule has 0 aliphatic carbocycles. The van der Waals surface area contributed by atoms with E-state index in [2.05, 4.69) is 5.32 Å². The molecule has 110 valence electrons. The Morgan fingerprint density at radius 1 is 1.29 bits per heavy atom. The fourth-order valence-electron chi connectivity index (χ4n) is 1.95. The lowest BCUT2D eigenvalue weighted by atomic mass is 10.1. The first kappa shape index (κ1) is 14.6. The highest BCUT2D eigenvalue weighted by atomic mass is 16.6. The number of benzene rings is 2. The number of nitro benzene ring substituents is 1. The van der Waals surface area contributed by atoms with Crippen molar-refractivity contribution >= 4 is 11.4 Å². The lowest BCUT2D eigenvalue weighted by Crippen LogP contribution is -2.03. The van der Waals surface area contributed by atoms with E-state index in [0.717, 1.165) is 5.56 Å². The van der Waals surface area contributed by atoms with E-state index < -0.39 is 4.92 Å². The third-order valence-electron chi connectivity index (χ3n) is 3.11. The number of hydrogen-bond acceptors (Lipinski definition) is 5. The van der Waals surface area contributed by atoms with Gasteiger partial charge in [-0.2, -0.15) is 0 Å². The predicted octanol–water partition coefficient (Wildman–Crippen LogP) is 3.23. The average Bonchev–Trinajstić information content (AvgIpc) is 2.46. The lowest BCUT2D eigenvalue weighted by molar-refractivity contribution is -0.384. The SMILES string of the molecule is COc1ccc(CNc2ccc(C)cc2[N+](=O)[O-])c(O)c1. The molecular formula is C15H16N2O4. The van der Waals surface area contributed by atoms with Gasteiger partial charge in [0, 0.05) is 24.2 Å². The van der Waals surface area contributed by atoms with Crippen LogP contribution in [0.3, 0.4) is 0 Å². The van der Waals surface area contributed by atoms with Crippen molar-refractivity contribution in [1.82, 2.24) is 0 Å². The van der Waals surface area contributed by atoms with Crippen molar-refractivity contribution < 1.29 is 14.8 Å². The molecule has 0 radical (unpaired) electrons. The quantitative estimate of drug-likeness (QED) is 0.651. The standard InChI is InChI=1S/C15H16N2O4/c1-10-3-6-13(14(7-10)17(19)20)16-9-11-4-5-12(21-2)8-15(11)18/h3-8,16,18H,9H2,1-2H3. The van der Waals surface area contributed by atoms with Crippen LogP contribution in [0.2, 0.25) is 0 Å². The van der Waals surface area contributed by atoms with E-state index in [1.807, 2.05) is 0 Å². The van der Waals surface area contributed by atoms with E-state index in [-0.39, 0.29) is 18.0 Å². The highest BCUT2D eigenvalue weighted by molar-refractivity contribution is 5.62. The molecule has 0 unspecified atom stereocenters. The van der Waals surface area contributed by atoms with Crippen molar-refractivity contribution in [3.63, 3.8) is 0 Å². The summed E-state index contributed by atoms with van der Waals surface area (Å²) in [6.45, 7) is 2.08. The van der Waals surface area contributed by atoms with Crippen molar-refractivity contribution in [2.24, 2.45) is 0 Å². The maximum absolute atomic E-state index is 11.0. The van der Waals surface area contributed by atoms with E-state index in [1.165, 1.54) is 19.2 Å². The molecule has 21 heavy (non-hydrogen) atoms. The topological polar surface area (TPSA) is 84.6 Å². The lowest BCUT2D eigenvalue weighted by Gasteiger charge is -2.10. The van der Waals surface area contributed by atoms with E-state index in [4.69, 9.17) is 4.74 Å². The zero-order valence-electron chi connectivity index (χ0n) is 11.8. The van der Waals surface area contributed by atoms with E-state index >= 15 is 0 Å². The molecule has 2 aromatic rings. The molecule has 0 spiro atoms. The van der Waals surface area contributed by atoms with Crippen LogP contribution in [0.1, 0.15) is 11.1 Å². The van der Waals surface area contributed by atoms with Gasteiger partial charge in [0.15, 0.2) is 0 Å². The Morgan fingerprint density at radius 2 is 2.05 bits per heavy atom. The minimum atomic E-state index is -0.427. The van der Waals surface area contributed by atoms with Gasteiger partial charge in [-0.1, -0.05) is 6.07 Å². The van der Waals surface area contributed by atoms with Gasteiger partial charge in [0.05, 0.1) is 12.0 Å². The molecule has 0 saturated heterocycles. The fourth-order valence-corrected chi connectivity index (χ4v) is 1.95. The molecule has 0 bridgehead atoms. The Bertz CT molecular complexity index is 671. The third kappa shape index (κ3) is 3.42. The summed E-state index contributed by atoms with van der Waals surface area (Å²) in [6.07, 6.45) is 0. The number of nitrogens with one attached hydrogen (secondary N) is 1. The Hall–Kier alpha value is -2.76. The monoisotopic (exact) mass is 288 g/mol. The molecule has 0 amide bonds. The average molecular weight is 288 g/mol. The van der Waals surface area contributed by atoms with E-state index in [9.17, 15) is 15.2 Å². The van der Waals surface area contributed by atoms with Crippen LogP contribution in [-0.2, 0) is 6.54 Å². The normalized spacial score (nSPS) is 10.2. The number of phenols is 1. The molecule has 2 aromatic carbocycles. The Morgan fingerprint density at radius 3 is 2.67 bits per heavy atom. The Balaban J connectivity index is 2.18. The molecular weight excluding hydrogens is 272 g/mol. The number of nitrogens with zero attached hydrogens (tertiary/aromatic N) is 1. The molecule has 0 aliphatic heterocycles. The van der Waals surface area contributed by atoms with Crippen LogP contribution in [0.25, 0.3) is 0 Å². The van der Waals surface area contributed by atoms with Crippen molar-refractivity contribution in [1.29, 1.82) is 0 Å². The second-order valence-corrected chi connectivity index (χ2v) is 4.63. The molecule has 2 N–H and O–H groups in total. The zero-order chi connectivity index (χ0) is 15.4. The summed E-state index contributed by atoms with van der Waals surface area (Å²) in [5, 5.41) is 23.9. The molecule has 0 fully saturated rings. The van der Waals surface area contributed by atoms with Crippen LogP contribution in [0.15, 0.2) is 36.4 Å². The van der Waals surface area contributed by atoms with Crippen LogP contribution in [0.5, 0.6) is 11.5 Å². The van der Waals surface area contributed by atoms with Gasteiger partial charge in [-0.25, -0.2) is 0 Å². The molecule has 6 nitrogen and oxygen atoms in total. The zero-order valence-corrected chi connectivity index (χ0v) is 11.8. The maximum Gasteiger partial charge on any atom is 0.292 e. The van der Waals surface area contributed by atoms with Crippen molar-refractivity contribution in [3.8, 4) is 11.5 Å².